The average molecular weight is 251 g/mol. The van der Waals surface area contributed by atoms with Gasteiger partial charge in [0.1, 0.15) is 0 Å². The molecular formula is C9H17NO5S. The lowest BCUT2D eigenvalue weighted by Crippen LogP contribution is -2.46. The van der Waals surface area contributed by atoms with Crippen molar-refractivity contribution in [2.45, 2.75) is 31.1 Å². The summed E-state index contributed by atoms with van der Waals surface area (Å²) in [6, 6.07) is 0. The summed E-state index contributed by atoms with van der Waals surface area (Å²) < 4.78 is 30.0. The lowest BCUT2D eigenvalue weighted by atomic mass is 10.1. The van der Waals surface area contributed by atoms with Crippen LogP contribution >= 0.6 is 0 Å². The van der Waals surface area contributed by atoms with Crippen LogP contribution in [0.5, 0.6) is 0 Å². The highest BCUT2D eigenvalue weighted by molar-refractivity contribution is 7.90. The van der Waals surface area contributed by atoms with Crippen LogP contribution in [0.2, 0.25) is 0 Å². The second-order valence-corrected chi connectivity index (χ2v) is 6.11. The van der Waals surface area contributed by atoms with Gasteiger partial charge in [0.2, 0.25) is 10.0 Å². The van der Waals surface area contributed by atoms with Gasteiger partial charge < -0.3 is 9.84 Å². The number of aliphatic carboxylic acids is 1. The van der Waals surface area contributed by atoms with E-state index in [9.17, 15) is 13.2 Å². The van der Waals surface area contributed by atoms with Crippen molar-refractivity contribution < 1.29 is 23.1 Å². The smallest absolute Gasteiger partial charge is 0.323 e. The number of rotatable bonds is 4. The quantitative estimate of drug-likeness (QED) is 0.754. The molecule has 1 atom stereocenters. The number of piperidine rings is 1. The molecule has 1 saturated heterocycles. The molecule has 0 aromatic carbocycles. The summed E-state index contributed by atoms with van der Waals surface area (Å²) in [5.41, 5.74) is 0. The van der Waals surface area contributed by atoms with Crippen LogP contribution in [0.25, 0.3) is 0 Å². The van der Waals surface area contributed by atoms with Crippen LogP contribution in [-0.4, -0.2) is 55.4 Å². The Morgan fingerprint density at radius 2 is 1.94 bits per heavy atom. The predicted octanol–water partition coefficient (Wildman–Crippen LogP) is -0.0999. The number of carboxylic acids is 1. The minimum absolute atomic E-state index is 0.0755. The number of carboxylic acid groups (broad SMARTS) is 1. The highest BCUT2D eigenvalue weighted by atomic mass is 32.2. The Bertz CT molecular complexity index is 345. The lowest BCUT2D eigenvalue weighted by molar-refractivity contribution is -0.136. The first-order chi connectivity index (χ1) is 7.39. The summed E-state index contributed by atoms with van der Waals surface area (Å²) in [5.74, 6) is -1.31. The normalized spacial score (nSPS) is 21.9. The minimum atomic E-state index is -3.71. The molecule has 0 bridgehead atoms. The monoisotopic (exact) mass is 251 g/mol. The summed E-state index contributed by atoms with van der Waals surface area (Å²) in [6.45, 7) is 1.86. The van der Waals surface area contributed by atoms with Crippen LogP contribution in [0.1, 0.15) is 19.8 Å². The number of sulfonamides is 1. The van der Waals surface area contributed by atoms with Gasteiger partial charge in [0, 0.05) is 20.2 Å². The highest BCUT2D eigenvalue weighted by Gasteiger charge is 2.35. The van der Waals surface area contributed by atoms with Gasteiger partial charge in [-0.2, -0.15) is 0 Å². The van der Waals surface area contributed by atoms with E-state index in [0.717, 1.165) is 0 Å². The number of nitrogens with zero attached hydrogens (tertiary/aromatic N) is 1. The van der Waals surface area contributed by atoms with Crippen molar-refractivity contribution in [3.8, 4) is 0 Å². The van der Waals surface area contributed by atoms with Crippen molar-refractivity contribution in [2.75, 3.05) is 20.2 Å². The van der Waals surface area contributed by atoms with Crippen LogP contribution in [0.4, 0.5) is 0 Å². The average Bonchev–Trinajstić information content (AvgIpc) is 2.28. The molecule has 0 spiro atoms. The van der Waals surface area contributed by atoms with Gasteiger partial charge >= 0.3 is 5.97 Å². The van der Waals surface area contributed by atoms with Gasteiger partial charge in [-0.3, -0.25) is 4.79 Å². The van der Waals surface area contributed by atoms with Crippen molar-refractivity contribution in [3.63, 3.8) is 0 Å². The van der Waals surface area contributed by atoms with Gasteiger partial charge in [0.25, 0.3) is 0 Å². The molecule has 94 valence electrons. The molecule has 0 saturated carbocycles. The second-order valence-electron chi connectivity index (χ2n) is 3.86. The zero-order chi connectivity index (χ0) is 12.3. The van der Waals surface area contributed by atoms with Crippen LogP contribution in [0, 0.1) is 0 Å². The number of hydrogen-bond acceptors (Lipinski definition) is 4. The maximum Gasteiger partial charge on any atom is 0.323 e. The van der Waals surface area contributed by atoms with Crippen LogP contribution in [0.15, 0.2) is 0 Å². The summed E-state index contributed by atoms with van der Waals surface area (Å²) in [6.07, 6.45) is 1.30. The Morgan fingerprint density at radius 1 is 1.44 bits per heavy atom. The molecule has 7 heteroatoms. The zero-order valence-electron chi connectivity index (χ0n) is 9.42. The number of methoxy groups -OCH3 is 1. The first kappa shape index (κ1) is 13.4. The van der Waals surface area contributed by atoms with E-state index in [1.54, 1.807) is 7.11 Å². The third-order valence-corrected chi connectivity index (χ3v) is 5.07. The summed E-state index contributed by atoms with van der Waals surface area (Å²) >= 11 is 0. The zero-order valence-corrected chi connectivity index (χ0v) is 10.2. The Labute approximate surface area is 95.2 Å². The highest BCUT2D eigenvalue weighted by Crippen LogP contribution is 2.18. The van der Waals surface area contributed by atoms with Crippen molar-refractivity contribution in [1.82, 2.24) is 4.31 Å². The molecule has 0 aromatic heterocycles. The van der Waals surface area contributed by atoms with Gasteiger partial charge in [-0.25, -0.2) is 12.7 Å². The van der Waals surface area contributed by atoms with E-state index in [2.05, 4.69) is 0 Å². The summed E-state index contributed by atoms with van der Waals surface area (Å²) in [4.78, 5) is 10.7. The minimum Gasteiger partial charge on any atom is -0.480 e. The summed E-state index contributed by atoms with van der Waals surface area (Å²) in [7, 11) is -2.12. The van der Waals surface area contributed by atoms with Gasteiger partial charge in [-0.1, -0.05) is 0 Å². The van der Waals surface area contributed by atoms with E-state index >= 15 is 0 Å². The van der Waals surface area contributed by atoms with E-state index in [0.29, 0.717) is 25.9 Å². The molecule has 0 radical (unpaired) electrons. The largest absolute Gasteiger partial charge is 0.480 e. The maximum absolute atomic E-state index is 11.8. The lowest BCUT2D eigenvalue weighted by Gasteiger charge is -2.31. The SMILES string of the molecule is COC1CCN(S(=O)(=O)C(C)C(=O)O)CC1. The number of hydrogen-bond donors (Lipinski definition) is 1. The fourth-order valence-electron chi connectivity index (χ4n) is 1.67. The molecule has 1 fully saturated rings. The molecule has 0 amide bonds. The van der Waals surface area contributed by atoms with E-state index in [1.807, 2.05) is 0 Å². The first-order valence-corrected chi connectivity index (χ1v) is 6.64. The molecule has 1 aliphatic heterocycles. The van der Waals surface area contributed by atoms with E-state index in [1.165, 1.54) is 11.2 Å². The topological polar surface area (TPSA) is 83.9 Å². The van der Waals surface area contributed by atoms with E-state index in [-0.39, 0.29) is 6.10 Å². The van der Waals surface area contributed by atoms with Crippen molar-refractivity contribution in [1.29, 1.82) is 0 Å². The van der Waals surface area contributed by atoms with Crippen LogP contribution in [0.3, 0.4) is 0 Å². The summed E-state index contributed by atoms with van der Waals surface area (Å²) in [5, 5.41) is 7.33. The second kappa shape index (κ2) is 5.11. The molecule has 0 aliphatic carbocycles. The predicted molar refractivity (Wildman–Crippen MR) is 57.6 cm³/mol. The third-order valence-electron chi connectivity index (χ3n) is 2.89. The van der Waals surface area contributed by atoms with Crippen LogP contribution < -0.4 is 0 Å². The molecule has 1 N–H and O–H groups in total. The Morgan fingerprint density at radius 3 is 2.31 bits per heavy atom. The molecule has 1 heterocycles. The van der Waals surface area contributed by atoms with E-state index in [4.69, 9.17) is 9.84 Å². The van der Waals surface area contributed by atoms with Crippen molar-refractivity contribution in [3.05, 3.63) is 0 Å². The van der Waals surface area contributed by atoms with Gasteiger partial charge in [-0.05, 0) is 19.8 Å². The Hall–Kier alpha value is -0.660. The standard InChI is InChI=1S/C9H17NO5S/c1-7(9(11)12)16(13,14)10-5-3-8(15-2)4-6-10/h7-8H,3-6H2,1-2H3,(H,11,12). The van der Waals surface area contributed by atoms with Crippen molar-refractivity contribution in [2.24, 2.45) is 0 Å². The number of ether oxygens (including phenoxy) is 1. The molecule has 1 unspecified atom stereocenters. The fraction of sp³-hybridized carbons (Fsp3) is 0.889. The molecule has 6 nitrogen and oxygen atoms in total. The van der Waals surface area contributed by atoms with Crippen molar-refractivity contribution >= 4 is 16.0 Å². The maximum atomic E-state index is 11.8. The first-order valence-electron chi connectivity index (χ1n) is 5.14. The molecule has 1 aliphatic rings. The molecule has 0 aromatic rings. The molecule has 16 heavy (non-hydrogen) atoms. The van der Waals surface area contributed by atoms with Gasteiger partial charge in [0.05, 0.1) is 6.10 Å². The Balaban J connectivity index is 2.69. The van der Waals surface area contributed by atoms with Gasteiger partial charge in [0.15, 0.2) is 5.25 Å². The van der Waals surface area contributed by atoms with Gasteiger partial charge in [-0.15, -0.1) is 0 Å². The molecular weight excluding hydrogens is 234 g/mol. The number of carbonyl (C=O) groups is 1. The van der Waals surface area contributed by atoms with Crippen LogP contribution in [-0.2, 0) is 19.6 Å². The Kier molecular flexibility index (Phi) is 4.28. The third kappa shape index (κ3) is 2.72. The molecule has 1 rings (SSSR count). The fourth-order valence-corrected chi connectivity index (χ4v) is 3.10. The van der Waals surface area contributed by atoms with E-state index < -0.39 is 21.2 Å².